The van der Waals surface area contributed by atoms with Crippen LogP contribution >= 0.6 is 0 Å². The van der Waals surface area contributed by atoms with E-state index in [0.717, 1.165) is 17.1 Å². The summed E-state index contributed by atoms with van der Waals surface area (Å²) in [4.78, 5) is 4.17. The molecule has 0 bridgehead atoms. The number of ether oxygens (including phenoxy) is 2. The molecule has 1 aromatic carbocycles. The predicted octanol–water partition coefficient (Wildman–Crippen LogP) is 4.44. The SMILES string of the molecule is CCOc1cc(-n2nccc2C2=CC=CN(c3ccc(OC(F)(F)F)cc3)N2)ccn1. The molecule has 0 fully saturated rings. The maximum Gasteiger partial charge on any atom is 0.573 e. The number of allylic oxidation sites excluding steroid dienone is 2. The number of benzene rings is 1. The molecule has 4 rings (SSSR count). The highest BCUT2D eigenvalue weighted by atomic mass is 19.4. The van der Waals surface area contributed by atoms with E-state index in [2.05, 4.69) is 20.2 Å². The highest BCUT2D eigenvalue weighted by Gasteiger charge is 2.31. The molecule has 0 unspecified atom stereocenters. The molecule has 0 radical (unpaired) electrons. The van der Waals surface area contributed by atoms with Crippen LogP contribution in [-0.4, -0.2) is 27.7 Å². The van der Waals surface area contributed by atoms with Crippen molar-refractivity contribution in [1.82, 2.24) is 20.2 Å². The van der Waals surface area contributed by atoms with Crippen molar-refractivity contribution >= 4 is 11.4 Å². The van der Waals surface area contributed by atoms with Crippen LogP contribution in [0.15, 0.2) is 73.2 Å². The highest BCUT2D eigenvalue weighted by Crippen LogP contribution is 2.27. The predicted molar refractivity (Wildman–Crippen MR) is 108 cm³/mol. The lowest BCUT2D eigenvalue weighted by molar-refractivity contribution is -0.274. The molecular weight excluding hydrogens is 411 g/mol. The average Bonchev–Trinajstić information content (AvgIpc) is 3.24. The van der Waals surface area contributed by atoms with E-state index < -0.39 is 6.36 Å². The number of nitrogens with one attached hydrogen (secondary N) is 1. The summed E-state index contributed by atoms with van der Waals surface area (Å²) in [5.41, 5.74) is 6.15. The summed E-state index contributed by atoms with van der Waals surface area (Å²) < 4.78 is 48.2. The van der Waals surface area contributed by atoms with E-state index in [4.69, 9.17) is 4.74 Å². The van der Waals surface area contributed by atoms with E-state index in [1.165, 1.54) is 24.3 Å². The third-order valence-corrected chi connectivity index (χ3v) is 4.26. The number of rotatable bonds is 6. The van der Waals surface area contributed by atoms with Crippen molar-refractivity contribution in [2.75, 3.05) is 11.6 Å². The molecule has 7 nitrogen and oxygen atoms in total. The normalized spacial score (nSPS) is 13.5. The summed E-state index contributed by atoms with van der Waals surface area (Å²) >= 11 is 0. The van der Waals surface area contributed by atoms with Gasteiger partial charge in [-0.3, -0.25) is 10.4 Å². The van der Waals surface area contributed by atoms with Crippen molar-refractivity contribution in [3.8, 4) is 17.3 Å². The summed E-state index contributed by atoms with van der Waals surface area (Å²) in [5, 5.41) is 6.08. The van der Waals surface area contributed by atoms with Gasteiger partial charge >= 0.3 is 6.36 Å². The van der Waals surface area contributed by atoms with Crippen LogP contribution in [0.2, 0.25) is 0 Å². The lowest BCUT2D eigenvalue weighted by atomic mass is 10.2. The minimum absolute atomic E-state index is 0.283. The number of alkyl halides is 3. The second-order valence-corrected chi connectivity index (χ2v) is 6.36. The van der Waals surface area contributed by atoms with Crippen LogP contribution in [0, 0.1) is 0 Å². The molecule has 3 aromatic rings. The Morgan fingerprint density at radius 1 is 1.03 bits per heavy atom. The molecule has 10 heteroatoms. The van der Waals surface area contributed by atoms with Gasteiger partial charge in [-0.15, -0.1) is 13.2 Å². The van der Waals surface area contributed by atoms with Crippen molar-refractivity contribution in [3.63, 3.8) is 0 Å². The quantitative estimate of drug-likeness (QED) is 0.625. The molecule has 3 heterocycles. The maximum atomic E-state index is 12.4. The minimum atomic E-state index is -4.73. The molecule has 1 N–H and O–H groups in total. The van der Waals surface area contributed by atoms with E-state index in [0.29, 0.717) is 18.2 Å². The van der Waals surface area contributed by atoms with E-state index in [-0.39, 0.29) is 5.75 Å². The van der Waals surface area contributed by atoms with E-state index in [9.17, 15) is 13.2 Å². The minimum Gasteiger partial charge on any atom is -0.478 e. The van der Waals surface area contributed by atoms with Gasteiger partial charge in [-0.05, 0) is 55.5 Å². The van der Waals surface area contributed by atoms with E-state index >= 15 is 0 Å². The monoisotopic (exact) mass is 429 g/mol. The fraction of sp³-hybridized carbons (Fsp3) is 0.143. The molecule has 2 aromatic heterocycles. The first-order chi connectivity index (χ1) is 14.9. The molecule has 0 aliphatic carbocycles. The molecule has 31 heavy (non-hydrogen) atoms. The van der Waals surface area contributed by atoms with Crippen LogP contribution in [-0.2, 0) is 0 Å². The van der Waals surface area contributed by atoms with Crippen molar-refractivity contribution in [2.24, 2.45) is 0 Å². The zero-order chi connectivity index (χ0) is 21.8. The second-order valence-electron chi connectivity index (χ2n) is 6.36. The topological polar surface area (TPSA) is 64.4 Å². The number of hydrogen-bond acceptors (Lipinski definition) is 6. The van der Waals surface area contributed by atoms with Crippen molar-refractivity contribution in [1.29, 1.82) is 0 Å². The standard InChI is InChI=1S/C21H18F3N5O2/c1-2-30-20-14-16(9-11-25-20)29-19(10-12-26-29)18-4-3-13-28(27-18)15-5-7-17(8-6-15)31-21(22,23)24/h3-14,27H,2H2,1H3. The van der Waals surface area contributed by atoms with Crippen LogP contribution in [0.3, 0.4) is 0 Å². The number of aromatic nitrogens is 3. The van der Waals surface area contributed by atoms with Crippen molar-refractivity contribution in [3.05, 3.63) is 78.9 Å². The van der Waals surface area contributed by atoms with Gasteiger partial charge in [0.1, 0.15) is 5.75 Å². The van der Waals surface area contributed by atoms with Crippen LogP contribution in [0.25, 0.3) is 11.4 Å². The molecule has 0 atom stereocenters. The Hall–Kier alpha value is -3.95. The fourth-order valence-corrected chi connectivity index (χ4v) is 3.00. The van der Waals surface area contributed by atoms with Crippen LogP contribution in [0.1, 0.15) is 12.6 Å². The number of pyridine rings is 1. The van der Waals surface area contributed by atoms with Gasteiger partial charge in [0.05, 0.1) is 35.6 Å². The fourth-order valence-electron chi connectivity index (χ4n) is 3.00. The number of anilines is 1. The van der Waals surface area contributed by atoms with E-state index in [1.54, 1.807) is 34.4 Å². The van der Waals surface area contributed by atoms with Crippen molar-refractivity contribution < 1.29 is 22.6 Å². The third-order valence-electron chi connectivity index (χ3n) is 4.26. The Morgan fingerprint density at radius 3 is 2.58 bits per heavy atom. The number of nitrogens with zero attached hydrogens (tertiary/aromatic N) is 4. The summed E-state index contributed by atoms with van der Waals surface area (Å²) in [6.07, 6.45) is 4.03. The molecular formula is C21H18F3N5O2. The Morgan fingerprint density at radius 2 is 1.84 bits per heavy atom. The van der Waals surface area contributed by atoms with Gasteiger partial charge in [0, 0.05) is 18.5 Å². The lowest BCUT2D eigenvalue weighted by Gasteiger charge is -2.27. The van der Waals surface area contributed by atoms with Gasteiger partial charge in [0.25, 0.3) is 0 Å². The van der Waals surface area contributed by atoms with Gasteiger partial charge in [-0.2, -0.15) is 5.10 Å². The van der Waals surface area contributed by atoms with Gasteiger partial charge in [0.15, 0.2) is 0 Å². The molecule has 1 aliphatic rings. The van der Waals surface area contributed by atoms with Crippen LogP contribution < -0.4 is 19.9 Å². The maximum absolute atomic E-state index is 12.4. The number of hydrazine groups is 1. The zero-order valence-corrected chi connectivity index (χ0v) is 16.4. The Balaban J connectivity index is 1.54. The lowest BCUT2D eigenvalue weighted by Crippen LogP contribution is -2.34. The largest absolute Gasteiger partial charge is 0.573 e. The van der Waals surface area contributed by atoms with Crippen LogP contribution in [0.5, 0.6) is 11.6 Å². The highest BCUT2D eigenvalue weighted by molar-refractivity contribution is 5.69. The van der Waals surface area contributed by atoms with Crippen LogP contribution in [0.4, 0.5) is 18.9 Å². The first-order valence-corrected chi connectivity index (χ1v) is 9.37. The first-order valence-electron chi connectivity index (χ1n) is 9.37. The Bertz CT molecular complexity index is 1110. The van der Waals surface area contributed by atoms with Crippen molar-refractivity contribution in [2.45, 2.75) is 13.3 Å². The zero-order valence-electron chi connectivity index (χ0n) is 16.4. The molecule has 1 aliphatic heterocycles. The third kappa shape index (κ3) is 4.80. The molecule has 160 valence electrons. The molecule has 0 spiro atoms. The number of hydrogen-bond donors (Lipinski definition) is 1. The molecule has 0 saturated heterocycles. The molecule has 0 saturated carbocycles. The summed E-state index contributed by atoms with van der Waals surface area (Å²) in [6.45, 7) is 2.38. The Kier molecular flexibility index (Phi) is 5.52. The Labute approximate surface area is 176 Å². The van der Waals surface area contributed by atoms with Gasteiger partial charge in [-0.1, -0.05) is 0 Å². The molecule has 0 amide bonds. The second kappa shape index (κ2) is 8.42. The smallest absolute Gasteiger partial charge is 0.478 e. The van der Waals surface area contributed by atoms with Gasteiger partial charge in [-0.25, -0.2) is 9.67 Å². The number of halogens is 3. The summed E-state index contributed by atoms with van der Waals surface area (Å²) in [5.74, 6) is 0.212. The van der Waals surface area contributed by atoms with Gasteiger partial charge in [0.2, 0.25) is 5.88 Å². The average molecular weight is 429 g/mol. The van der Waals surface area contributed by atoms with E-state index in [1.807, 2.05) is 31.2 Å². The first kappa shape index (κ1) is 20.3. The summed E-state index contributed by atoms with van der Waals surface area (Å²) in [6, 6.07) is 11.0. The summed E-state index contributed by atoms with van der Waals surface area (Å²) in [7, 11) is 0. The van der Waals surface area contributed by atoms with Gasteiger partial charge < -0.3 is 9.47 Å².